The van der Waals surface area contributed by atoms with Crippen LogP contribution in [0.5, 0.6) is 0 Å². The van der Waals surface area contributed by atoms with Crippen LogP contribution in [0.4, 0.5) is 0 Å². The van der Waals surface area contributed by atoms with Crippen molar-refractivity contribution in [2.45, 2.75) is 219 Å². The fraction of sp³-hybridized carbons (Fsp3) is 0.917. The number of methoxy groups -OCH3 is 2. The van der Waals surface area contributed by atoms with Gasteiger partial charge in [-0.2, -0.15) is 0 Å². The fourth-order valence-corrected chi connectivity index (χ4v) is 10.3. The van der Waals surface area contributed by atoms with Crippen molar-refractivity contribution in [2.24, 2.45) is 41.4 Å². The number of ether oxygens (including phenoxy) is 10. The molecule has 1 unspecified atom stereocenters. The molecule has 0 radical (unpaired) electrons. The van der Waals surface area contributed by atoms with Crippen LogP contribution in [0.25, 0.3) is 0 Å². The standard InChI is InChI=1S/C48H82O20/c1-20(2)32(50)44(56)67-37-25(7)36(22(4)19-61-46-40(60-15)39(59-14)33(51)28(10)64-46)66-43(55)27(9)38(65-31-18-48(13,58)42(54)29(11)63-31)24(6)35(21(3)17-47(12,57)41(53)26(37)8)68-45-34(52)30(49)16-23(5)62-45/h20-29,31-40,42,45-46,50-52,54,57-58H,16-19H2,1-15H3/t21-,22-,23+,24?,25-,26+,27+,28+,29-,31-,32+,33+,34+,35-,36+,37-,38-,39+,40+,42-,45-,46+,47-,48+/m0/s1. The molecule has 0 aromatic heterocycles. The Morgan fingerprint density at radius 2 is 1.37 bits per heavy atom. The molecule has 4 fully saturated rings. The molecule has 0 saturated carbocycles. The van der Waals surface area contributed by atoms with E-state index in [1.807, 2.05) is 0 Å². The van der Waals surface area contributed by atoms with Crippen molar-refractivity contribution in [1.82, 2.24) is 0 Å². The largest absolute Gasteiger partial charge is 0.461 e. The van der Waals surface area contributed by atoms with E-state index in [2.05, 4.69) is 0 Å². The third-order valence-electron chi connectivity index (χ3n) is 14.5. The van der Waals surface area contributed by atoms with Crippen molar-refractivity contribution >= 4 is 23.5 Å². The lowest BCUT2D eigenvalue weighted by atomic mass is 9.74. The summed E-state index contributed by atoms with van der Waals surface area (Å²) in [5.74, 6) is -9.79. The smallest absolute Gasteiger partial charge is 0.335 e. The third kappa shape index (κ3) is 13.4. The Morgan fingerprint density at radius 3 is 1.94 bits per heavy atom. The zero-order chi connectivity index (χ0) is 51.5. The molecule has 4 saturated heterocycles. The van der Waals surface area contributed by atoms with Gasteiger partial charge >= 0.3 is 11.9 Å². The number of cyclic esters (lactones) is 1. The Hall–Kier alpha value is -2.28. The second-order valence-electron chi connectivity index (χ2n) is 20.9. The molecule has 0 amide bonds. The van der Waals surface area contributed by atoms with E-state index in [0.717, 1.165) is 0 Å². The second-order valence-corrected chi connectivity index (χ2v) is 20.9. The van der Waals surface area contributed by atoms with Crippen molar-refractivity contribution < 1.29 is 97.2 Å². The number of hydrogen-bond donors (Lipinski definition) is 6. The van der Waals surface area contributed by atoms with Gasteiger partial charge in [0.2, 0.25) is 0 Å². The number of rotatable bonds is 13. The SMILES string of the molecule is CO[C@@H]1[C@H](O)[C@@H](C)O[C@@H](OC[C@H](C)[C@H]2OC(=O)[C@H](C)[C@@H](O[C@H]3C[C@@](C)(O)[C@@H](O)[C@H](C)O3)C(C)[C@@H](O[C@@H]3O[C@H](C)CC(=O)[C@H]3O)[C@@H](C)C[C@](C)(O)C(=O)[C@H](C)[C@@H](OC(=O)[C@H](O)C(C)C)[C@H]2C)[C@@H]1OC. The van der Waals surface area contributed by atoms with Gasteiger partial charge in [-0.3, -0.25) is 14.4 Å². The molecule has 0 aromatic rings. The molecule has 20 nitrogen and oxygen atoms in total. The number of esters is 2. The van der Waals surface area contributed by atoms with E-state index in [1.54, 1.807) is 69.2 Å². The average Bonchev–Trinajstić information content (AvgIpc) is 3.26. The molecular weight excluding hydrogens is 897 g/mol. The molecule has 68 heavy (non-hydrogen) atoms. The summed E-state index contributed by atoms with van der Waals surface area (Å²) in [5.41, 5.74) is -3.84. The summed E-state index contributed by atoms with van der Waals surface area (Å²) in [6.07, 6.45) is -19.0. The first kappa shape index (κ1) is 58.3. The quantitative estimate of drug-likeness (QED) is 0.143. The number of aliphatic hydroxyl groups is 6. The zero-order valence-electron chi connectivity index (χ0n) is 42.5. The van der Waals surface area contributed by atoms with Gasteiger partial charge in [-0.25, -0.2) is 4.79 Å². The number of carbonyl (C=O) groups excluding carboxylic acids is 4. The van der Waals surface area contributed by atoms with E-state index in [4.69, 9.17) is 47.4 Å². The van der Waals surface area contributed by atoms with Crippen LogP contribution in [0.3, 0.4) is 0 Å². The molecule has 4 aliphatic rings. The maximum atomic E-state index is 15.0. The molecular formula is C48H82O20. The van der Waals surface area contributed by atoms with Crippen molar-refractivity contribution in [2.75, 3.05) is 20.8 Å². The molecule has 0 aliphatic carbocycles. The maximum absolute atomic E-state index is 15.0. The third-order valence-corrected chi connectivity index (χ3v) is 14.5. The molecule has 4 aliphatic heterocycles. The lowest BCUT2D eigenvalue weighted by Crippen LogP contribution is -2.59. The Balaban J connectivity index is 1.88. The summed E-state index contributed by atoms with van der Waals surface area (Å²) in [6.45, 7) is 20.3. The van der Waals surface area contributed by atoms with Crippen LogP contribution >= 0.6 is 0 Å². The summed E-state index contributed by atoms with van der Waals surface area (Å²) in [6, 6.07) is 0. The number of ketones is 2. The van der Waals surface area contributed by atoms with Crippen LogP contribution < -0.4 is 0 Å². The highest BCUT2D eigenvalue weighted by molar-refractivity contribution is 5.89. The van der Waals surface area contributed by atoms with E-state index >= 15 is 0 Å². The maximum Gasteiger partial charge on any atom is 0.335 e. The normalized spacial score (nSPS) is 45.8. The van der Waals surface area contributed by atoms with Crippen molar-refractivity contribution in [3.05, 3.63) is 0 Å². The second kappa shape index (κ2) is 24.0. The molecule has 20 heteroatoms. The van der Waals surface area contributed by atoms with E-state index in [0.29, 0.717) is 0 Å². The van der Waals surface area contributed by atoms with E-state index in [-0.39, 0.29) is 25.9 Å². The molecule has 6 N–H and O–H groups in total. The fourth-order valence-electron chi connectivity index (χ4n) is 10.3. The molecule has 24 atom stereocenters. The van der Waals surface area contributed by atoms with Gasteiger partial charge in [-0.05, 0) is 59.8 Å². The topological polar surface area (TPSA) is 282 Å². The number of Topliss-reactive ketones (excluding diaryl/α,β-unsaturated/α-hetero) is 2. The van der Waals surface area contributed by atoms with Crippen molar-refractivity contribution in [1.29, 1.82) is 0 Å². The molecule has 4 rings (SSSR count). The minimum absolute atomic E-state index is 0.0744. The lowest BCUT2D eigenvalue weighted by molar-refractivity contribution is -0.305. The summed E-state index contributed by atoms with van der Waals surface area (Å²) >= 11 is 0. The van der Waals surface area contributed by atoms with Gasteiger partial charge in [0.25, 0.3) is 0 Å². The van der Waals surface area contributed by atoms with Crippen LogP contribution in [0, 0.1) is 41.4 Å². The molecule has 0 spiro atoms. The van der Waals surface area contributed by atoms with E-state index in [1.165, 1.54) is 35.0 Å². The monoisotopic (exact) mass is 979 g/mol. The highest BCUT2D eigenvalue weighted by Gasteiger charge is 2.52. The average molecular weight is 979 g/mol. The predicted molar refractivity (Wildman–Crippen MR) is 239 cm³/mol. The molecule has 0 aromatic carbocycles. The van der Waals surface area contributed by atoms with Gasteiger partial charge in [0.1, 0.15) is 42.2 Å². The van der Waals surface area contributed by atoms with E-state index in [9.17, 15) is 49.8 Å². The minimum atomic E-state index is -2.16. The highest BCUT2D eigenvalue weighted by Crippen LogP contribution is 2.40. The Labute approximate surface area is 400 Å². The van der Waals surface area contributed by atoms with Crippen LogP contribution in [-0.4, -0.2) is 184 Å². The number of carbonyl (C=O) groups is 4. The lowest BCUT2D eigenvalue weighted by Gasteiger charge is -2.46. The van der Waals surface area contributed by atoms with Crippen LogP contribution in [0.2, 0.25) is 0 Å². The minimum Gasteiger partial charge on any atom is -0.461 e. The van der Waals surface area contributed by atoms with E-state index < -0.39 is 174 Å². The number of aliphatic hydroxyl groups excluding tert-OH is 4. The number of hydrogen-bond acceptors (Lipinski definition) is 20. The summed E-state index contributed by atoms with van der Waals surface area (Å²) in [4.78, 5) is 56.3. The molecule has 0 bridgehead atoms. The van der Waals surface area contributed by atoms with Crippen LogP contribution in [-0.2, 0) is 66.5 Å². The van der Waals surface area contributed by atoms with Gasteiger partial charge in [0, 0.05) is 44.8 Å². The van der Waals surface area contributed by atoms with Gasteiger partial charge in [0.15, 0.2) is 42.6 Å². The van der Waals surface area contributed by atoms with Crippen molar-refractivity contribution in [3.63, 3.8) is 0 Å². The Bertz CT molecular complexity index is 1670. The van der Waals surface area contributed by atoms with Crippen molar-refractivity contribution in [3.8, 4) is 0 Å². The first-order valence-electron chi connectivity index (χ1n) is 24.1. The van der Waals surface area contributed by atoms with Gasteiger partial charge < -0.3 is 78.0 Å². The summed E-state index contributed by atoms with van der Waals surface area (Å²) in [5, 5.41) is 67.0. The zero-order valence-corrected chi connectivity index (χ0v) is 42.5. The van der Waals surface area contributed by atoms with Crippen LogP contribution in [0.1, 0.15) is 109 Å². The first-order chi connectivity index (χ1) is 31.5. The highest BCUT2D eigenvalue weighted by atomic mass is 16.7. The van der Waals surface area contributed by atoms with Gasteiger partial charge in [-0.15, -0.1) is 0 Å². The first-order valence-corrected chi connectivity index (χ1v) is 24.1. The van der Waals surface area contributed by atoms with Crippen LogP contribution in [0.15, 0.2) is 0 Å². The summed E-state index contributed by atoms with van der Waals surface area (Å²) < 4.78 is 61.1. The summed E-state index contributed by atoms with van der Waals surface area (Å²) in [7, 11) is 2.83. The Kier molecular flexibility index (Phi) is 20.5. The van der Waals surface area contributed by atoms with Gasteiger partial charge in [-0.1, -0.05) is 48.5 Å². The van der Waals surface area contributed by atoms with Gasteiger partial charge in [0.05, 0.1) is 54.6 Å². The Morgan fingerprint density at radius 1 is 0.750 bits per heavy atom. The predicted octanol–water partition coefficient (Wildman–Crippen LogP) is 1.60. The molecule has 394 valence electrons. The molecule has 4 heterocycles.